The molecule has 0 rings (SSSR count). The molecule has 1 nitrogen and oxygen atoms in total. The highest BCUT2D eigenvalue weighted by Gasteiger charge is 2.28. The summed E-state index contributed by atoms with van der Waals surface area (Å²) in [6, 6.07) is 0. The van der Waals surface area contributed by atoms with Gasteiger partial charge in [-0.05, 0) is 18.8 Å². The van der Waals surface area contributed by atoms with Crippen LogP contribution in [0.1, 0.15) is 64.7 Å². The van der Waals surface area contributed by atoms with Crippen LogP contribution in [-0.4, -0.2) is 19.9 Å². The minimum absolute atomic E-state index is 0.160. The topological polar surface area (TPSA) is 9.23 Å². The molecule has 0 aliphatic heterocycles. The zero-order chi connectivity index (χ0) is 13.9. The van der Waals surface area contributed by atoms with Crippen LogP contribution < -0.4 is 0 Å². The van der Waals surface area contributed by atoms with Gasteiger partial charge in [0, 0.05) is 20.1 Å². The van der Waals surface area contributed by atoms with Crippen LogP contribution in [0.25, 0.3) is 0 Å². The van der Waals surface area contributed by atoms with Crippen molar-refractivity contribution in [2.45, 2.75) is 70.9 Å². The van der Waals surface area contributed by atoms with Gasteiger partial charge in [0.25, 0.3) is 0 Å². The number of ether oxygens (including phenoxy) is 1. The Labute approximate surface area is 109 Å². The van der Waals surface area contributed by atoms with Crippen LogP contribution in [0.4, 0.5) is 13.2 Å². The van der Waals surface area contributed by atoms with Gasteiger partial charge >= 0.3 is 6.18 Å². The van der Waals surface area contributed by atoms with Crippen molar-refractivity contribution in [3.05, 3.63) is 0 Å². The van der Waals surface area contributed by atoms with Gasteiger partial charge in [0.1, 0.15) is 0 Å². The summed E-state index contributed by atoms with van der Waals surface area (Å²) < 4.78 is 41.6. The minimum atomic E-state index is -4.02. The van der Waals surface area contributed by atoms with Crippen molar-refractivity contribution in [2.75, 3.05) is 13.7 Å². The van der Waals surface area contributed by atoms with Gasteiger partial charge in [-0.3, -0.25) is 0 Å². The molecule has 110 valence electrons. The van der Waals surface area contributed by atoms with E-state index in [1.165, 1.54) is 19.3 Å². The van der Waals surface area contributed by atoms with E-state index in [1.54, 1.807) is 7.11 Å². The van der Waals surface area contributed by atoms with Crippen molar-refractivity contribution in [2.24, 2.45) is 5.92 Å². The monoisotopic (exact) mass is 268 g/mol. The summed E-state index contributed by atoms with van der Waals surface area (Å²) in [5.74, 6) is 0.160. The van der Waals surface area contributed by atoms with Crippen LogP contribution in [0.3, 0.4) is 0 Å². The lowest BCUT2D eigenvalue weighted by Gasteiger charge is -2.17. The maximum atomic E-state index is 12.2. The molecule has 0 aromatic heterocycles. The van der Waals surface area contributed by atoms with Gasteiger partial charge in [-0.15, -0.1) is 0 Å². The van der Waals surface area contributed by atoms with Crippen molar-refractivity contribution in [1.82, 2.24) is 0 Å². The predicted octanol–water partition coefficient (Wildman–Crippen LogP) is 5.34. The summed E-state index contributed by atoms with van der Waals surface area (Å²) >= 11 is 0. The Balaban J connectivity index is 3.76. The summed E-state index contributed by atoms with van der Waals surface area (Å²) in [5.41, 5.74) is 0. The molecular formula is C14H27F3O. The van der Waals surface area contributed by atoms with E-state index in [4.69, 9.17) is 4.74 Å². The SMILES string of the molecule is CCCCCCCC(CCOC)CCC(F)(F)F. The molecule has 0 radical (unpaired) electrons. The first-order chi connectivity index (χ1) is 8.49. The normalized spacial score (nSPS) is 13.8. The Hall–Kier alpha value is -0.250. The average molecular weight is 268 g/mol. The van der Waals surface area contributed by atoms with Crippen molar-refractivity contribution >= 4 is 0 Å². The zero-order valence-corrected chi connectivity index (χ0v) is 11.7. The molecule has 0 aromatic rings. The number of hydrogen-bond donors (Lipinski definition) is 0. The molecular weight excluding hydrogens is 241 g/mol. The largest absolute Gasteiger partial charge is 0.389 e. The fourth-order valence-corrected chi connectivity index (χ4v) is 2.12. The maximum Gasteiger partial charge on any atom is 0.389 e. The van der Waals surface area contributed by atoms with Gasteiger partial charge in [0.05, 0.1) is 0 Å². The van der Waals surface area contributed by atoms with E-state index >= 15 is 0 Å². The lowest BCUT2D eigenvalue weighted by Crippen LogP contribution is -2.12. The molecule has 1 unspecified atom stereocenters. The van der Waals surface area contributed by atoms with E-state index in [0.717, 1.165) is 25.7 Å². The van der Waals surface area contributed by atoms with E-state index in [1.807, 2.05) is 0 Å². The molecule has 1 atom stereocenters. The van der Waals surface area contributed by atoms with Crippen LogP contribution in [0.5, 0.6) is 0 Å². The number of halogens is 3. The number of hydrogen-bond acceptors (Lipinski definition) is 1. The number of rotatable bonds is 11. The standard InChI is InChI=1S/C14H27F3O/c1-3-4-5-6-7-8-13(10-12-18-2)9-11-14(15,16)17/h13H,3-12H2,1-2H3. The maximum absolute atomic E-state index is 12.2. The Kier molecular flexibility index (Phi) is 10.5. The average Bonchev–Trinajstić information content (AvgIpc) is 2.30. The van der Waals surface area contributed by atoms with Gasteiger partial charge < -0.3 is 4.74 Å². The van der Waals surface area contributed by atoms with Gasteiger partial charge in [0.15, 0.2) is 0 Å². The summed E-state index contributed by atoms with van der Waals surface area (Å²) in [6.45, 7) is 2.72. The molecule has 0 saturated heterocycles. The number of alkyl halides is 3. The predicted molar refractivity (Wildman–Crippen MR) is 68.6 cm³/mol. The van der Waals surface area contributed by atoms with Crippen molar-refractivity contribution in [1.29, 1.82) is 0 Å². The Morgan fingerprint density at radius 3 is 2.17 bits per heavy atom. The van der Waals surface area contributed by atoms with E-state index in [0.29, 0.717) is 6.61 Å². The third kappa shape index (κ3) is 12.2. The van der Waals surface area contributed by atoms with Crippen LogP contribution in [-0.2, 0) is 4.74 Å². The molecule has 0 saturated carbocycles. The molecule has 0 amide bonds. The number of methoxy groups -OCH3 is 1. The fourth-order valence-electron chi connectivity index (χ4n) is 2.12. The van der Waals surface area contributed by atoms with Crippen LogP contribution in [0.15, 0.2) is 0 Å². The summed E-state index contributed by atoms with van der Waals surface area (Å²) in [7, 11) is 1.60. The lowest BCUT2D eigenvalue weighted by molar-refractivity contribution is -0.138. The zero-order valence-electron chi connectivity index (χ0n) is 11.7. The lowest BCUT2D eigenvalue weighted by atomic mass is 9.93. The molecule has 0 aromatic carbocycles. The quantitative estimate of drug-likeness (QED) is 0.459. The Morgan fingerprint density at radius 1 is 0.944 bits per heavy atom. The number of unbranched alkanes of at least 4 members (excludes halogenated alkanes) is 4. The van der Waals surface area contributed by atoms with E-state index in [-0.39, 0.29) is 12.3 Å². The second-order valence-electron chi connectivity index (χ2n) is 5.00. The van der Waals surface area contributed by atoms with E-state index in [2.05, 4.69) is 6.92 Å². The third-order valence-electron chi connectivity index (χ3n) is 3.28. The second kappa shape index (κ2) is 10.7. The highest BCUT2D eigenvalue weighted by molar-refractivity contribution is 4.63. The molecule has 0 spiro atoms. The van der Waals surface area contributed by atoms with Gasteiger partial charge in [-0.2, -0.15) is 13.2 Å². The third-order valence-corrected chi connectivity index (χ3v) is 3.28. The van der Waals surface area contributed by atoms with Gasteiger partial charge in [-0.25, -0.2) is 0 Å². The van der Waals surface area contributed by atoms with Crippen LogP contribution in [0.2, 0.25) is 0 Å². The van der Waals surface area contributed by atoms with Gasteiger partial charge in [0.2, 0.25) is 0 Å². The Bertz CT molecular complexity index is 180. The molecule has 18 heavy (non-hydrogen) atoms. The first-order valence-corrected chi connectivity index (χ1v) is 7.05. The molecule has 4 heteroatoms. The first-order valence-electron chi connectivity index (χ1n) is 7.05. The smallest absolute Gasteiger partial charge is 0.385 e. The van der Waals surface area contributed by atoms with Crippen molar-refractivity contribution < 1.29 is 17.9 Å². The van der Waals surface area contributed by atoms with Crippen LogP contribution in [0, 0.1) is 5.92 Å². The molecule has 0 bridgehead atoms. The summed E-state index contributed by atoms with van der Waals surface area (Å²) in [5, 5.41) is 0. The molecule has 0 heterocycles. The first kappa shape index (κ1) is 17.8. The fraction of sp³-hybridized carbons (Fsp3) is 1.00. The van der Waals surface area contributed by atoms with E-state index in [9.17, 15) is 13.2 Å². The second-order valence-corrected chi connectivity index (χ2v) is 5.00. The van der Waals surface area contributed by atoms with Gasteiger partial charge in [-0.1, -0.05) is 45.4 Å². The van der Waals surface area contributed by atoms with E-state index < -0.39 is 12.6 Å². The van der Waals surface area contributed by atoms with Crippen molar-refractivity contribution in [3.63, 3.8) is 0 Å². The summed E-state index contributed by atoms with van der Waals surface area (Å²) in [4.78, 5) is 0. The Morgan fingerprint density at radius 2 is 1.61 bits per heavy atom. The highest BCUT2D eigenvalue weighted by Crippen LogP contribution is 2.28. The minimum Gasteiger partial charge on any atom is -0.385 e. The molecule has 0 fully saturated rings. The van der Waals surface area contributed by atoms with Crippen molar-refractivity contribution in [3.8, 4) is 0 Å². The molecule has 0 aliphatic carbocycles. The highest BCUT2D eigenvalue weighted by atomic mass is 19.4. The molecule has 0 aliphatic rings. The van der Waals surface area contributed by atoms with Crippen LogP contribution >= 0.6 is 0 Å². The molecule has 0 N–H and O–H groups in total. The summed E-state index contributed by atoms with van der Waals surface area (Å²) in [6.07, 6.45) is 3.04.